The summed E-state index contributed by atoms with van der Waals surface area (Å²) in [7, 11) is -3.40. The number of fused-ring (bicyclic) bond motifs is 5. The molecule has 2 unspecified atom stereocenters. The van der Waals surface area contributed by atoms with Gasteiger partial charge in [0.2, 0.25) is 15.9 Å². The van der Waals surface area contributed by atoms with Crippen LogP contribution in [0.3, 0.4) is 0 Å². The second kappa shape index (κ2) is 10.1. The number of nitrogens with zero attached hydrogens (tertiary/aromatic N) is 1. The van der Waals surface area contributed by atoms with E-state index in [9.17, 15) is 13.2 Å². The van der Waals surface area contributed by atoms with Gasteiger partial charge in [-0.25, -0.2) is 13.1 Å². The molecule has 0 radical (unpaired) electrons. The van der Waals surface area contributed by atoms with Gasteiger partial charge in [0.25, 0.3) is 0 Å². The predicted molar refractivity (Wildman–Crippen MR) is 126 cm³/mol. The van der Waals surface area contributed by atoms with E-state index in [0.29, 0.717) is 26.2 Å². The molecular formula is C25H32N2O4S. The average Bonchev–Trinajstić information content (AvgIpc) is 3.06. The first-order chi connectivity index (χ1) is 15.5. The lowest BCUT2D eigenvalue weighted by Gasteiger charge is -2.29. The van der Waals surface area contributed by atoms with Gasteiger partial charge in [0, 0.05) is 19.6 Å². The monoisotopic (exact) mass is 456 g/mol. The summed E-state index contributed by atoms with van der Waals surface area (Å²) >= 11 is 0. The zero-order valence-corrected chi connectivity index (χ0v) is 19.4. The number of sulfonamides is 1. The topological polar surface area (TPSA) is 75.7 Å². The molecule has 2 aliphatic rings. The summed E-state index contributed by atoms with van der Waals surface area (Å²) in [5.74, 6) is 0.0270. The van der Waals surface area contributed by atoms with E-state index in [1.54, 1.807) is 6.92 Å². The van der Waals surface area contributed by atoms with Gasteiger partial charge < -0.3 is 9.64 Å². The van der Waals surface area contributed by atoms with Crippen molar-refractivity contribution in [2.45, 2.75) is 51.1 Å². The van der Waals surface area contributed by atoms with Crippen molar-refractivity contribution < 1.29 is 17.9 Å². The van der Waals surface area contributed by atoms with E-state index >= 15 is 0 Å². The number of benzene rings is 2. The van der Waals surface area contributed by atoms with Crippen LogP contribution in [0.2, 0.25) is 0 Å². The largest absolute Gasteiger partial charge is 0.381 e. The first kappa shape index (κ1) is 23.0. The minimum absolute atomic E-state index is 0.00795. The summed E-state index contributed by atoms with van der Waals surface area (Å²) in [5.41, 5.74) is 4.68. The van der Waals surface area contributed by atoms with E-state index in [1.165, 1.54) is 11.1 Å². The summed E-state index contributed by atoms with van der Waals surface area (Å²) in [6, 6.07) is 16.2. The second-order valence-electron chi connectivity index (χ2n) is 8.62. The maximum Gasteiger partial charge on any atom is 0.224 e. The van der Waals surface area contributed by atoms with E-state index in [0.717, 1.165) is 30.4 Å². The number of amides is 1. The number of hydrogen-bond donors (Lipinski definition) is 1. The van der Waals surface area contributed by atoms with E-state index in [1.807, 2.05) is 17.0 Å². The molecule has 2 aliphatic heterocycles. The molecule has 1 amide bonds. The molecule has 0 saturated carbocycles. The van der Waals surface area contributed by atoms with Crippen molar-refractivity contribution in [3.8, 4) is 11.1 Å². The van der Waals surface area contributed by atoms with Crippen LogP contribution in [0.5, 0.6) is 0 Å². The standard InChI is InChI=1S/C25H32N2O4S/c1-2-32(29,30)26-23-18-25(28)27-13-5-6-14-31-15-12-20-9-3-4-11-22(20)21-10-7-8-19(16-21)17-24(23)27/h3-4,7-11,16,23-24,26H,2,5-6,12-15,17-18H2,1H3. The number of nitrogens with one attached hydrogen (secondary N) is 1. The Kier molecular flexibility index (Phi) is 7.28. The molecule has 2 heterocycles. The van der Waals surface area contributed by atoms with Crippen LogP contribution in [0.4, 0.5) is 0 Å². The Bertz CT molecular complexity index is 1050. The fraction of sp³-hybridized carbons (Fsp3) is 0.480. The molecule has 2 atom stereocenters. The highest BCUT2D eigenvalue weighted by atomic mass is 32.2. The Labute approximate surface area is 191 Å². The smallest absolute Gasteiger partial charge is 0.224 e. The minimum atomic E-state index is -3.40. The third kappa shape index (κ3) is 5.39. The molecule has 172 valence electrons. The van der Waals surface area contributed by atoms with Gasteiger partial charge in [-0.3, -0.25) is 4.79 Å². The van der Waals surface area contributed by atoms with Crippen LogP contribution < -0.4 is 4.72 Å². The summed E-state index contributed by atoms with van der Waals surface area (Å²) in [6.07, 6.45) is 3.40. The van der Waals surface area contributed by atoms with Crippen LogP contribution in [-0.2, 0) is 32.4 Å². The Balaban J connectivity index is 1.68. The Hall–Kier alpha value is -2.22. The maximum atomic E-state index is 12.8. The van der Waals surface area contributed by atoms with E-state index in [-0.39, 0.29) is 24.1 Å². The molecule has 0 spiro atoms. The van der Waals surface area contributed by atoms with Crippen LogP contribution in [0.1, 0.15) is 37.3 Å². The third-order valence-corrected chi connectivity index (χ3v) is 7.87. The number of carbonyl (C=O) groups is 1. The van der Waals surface area contributed by atoms with Crippen LogP contribution in [-0.4, -0.2) is 56.8 Å². The second-order valence-corrected chi connectivity index (χ2v) is 10.7. The number of rotatable bonds is 3. The van der Waals surface area contributed by atoms with Gasteiger partial charge in [-0.05, 0) is 54.9 Å². The highest BCUT2D eigenvalue weighted by molar-refractivity contribution is 7.89. The maximum absolute atomic E-state index is 12.8. The molecule has 32 heavy (non-hydrogen) atoms. The van der Waals surface area contributed by atoms with Crippen molar-refractivity contribution in [3.05, 3.63) is 59.7 Å². The van der Waals surface area contributed by atoms with Crippen molar-refractivity contribution in [3.63, 3.8) is 0 Å². The lowest BCUT2D eigenvalue weighted by molar-refractivity contribution is -0.129. The molecule has 2 aromatic carbocycles. The molecule has 1 N–H and O–H groups in total. The van der Waals surface area contributed by atoms with Crippen LogP contribution in [0, 0.1) is 0 Å². The van der Waals surface area contributed by atoms with Crippen molar-refractivity contribution >= 4 is 15.9 Å². The highest BCUT2D eigenvalue weighted by Crippen LogP contribution is 2.29. The van der Waals surface area contributed by atoms with Crippen LogP contribution in [0.25, 0.3) is 11.1 Å². The fourth-order valence-electron chi connectivity index (χ4n) is 4.72. The molecule has 1 fully saturated rings. The SMILES string of the molecule is CCS(=O)(=O)NC1CC(=O)N2CCCCOCCc3ccccc3-c3cccc(c3)CC12. The summed E-state index contributed by atoms with van der Waals surface area (Å²) in [5, 5.41) is 0. The van der Waals surface area contributed by atoms with Crippen molar-refractivity contribution in [1.82, 2.24) is 9.62 Å². The van der Waals surface area contributed by atoms with E-state index in [4.69, 9.17) is 4.74 Å². The van der Waals surface area contributed by atoms with E-state index in [2.05, 4.69) is 41.1 Å². The van der Waals surface area contributed by atoms with Gasteiger partial charge in [-0.2, -0.15) is 0 Å². The molecule has 1 saturated heterocycles. The molecule has 0 aromatic heterocycles. The minimum Gasteiger partial charge on any atom is -0.381 e. The Morgan fingerprint density at radius 1 is 1.06 bits per heavy atom. The quantitative estimate of drug-likeness (QED) is 0.770. The first-order valence-electron chi connectivity index (χ1n) is 11.5. The van der Waals surface area contributed by atoms with Crippen LogP contribution in [0.15, 0.2) is 48.5 Å². The highest BCUT2D eigenvalue weighted by Gasteiger charge is 2.40. The lowest BCUT2D eigenvalue weighted by atomic mass is 9.94. The van der Waals surface area contributed by atoms with Crippen molar-refractivity contribution in [2.24, 2.45) is 0 Å². The zero-order valence-electron chi connectivity index (χ0n) is 18.6. The Morgan fingerprint density at radius 2 is 1.91 bits per heavy atom. The predicted octanol–water partition coefficient (Wildman–Crippen LogP) is 3.16. The number of ether oxygens (including phenoxy) is 1. The molecule has 4 rings (SSSR count). The lowest BCUT2D eigenvalue weighted by Crippen LogP contribution is -2.47. The molecule has 6 nitrogen and oxygen atoms in total. The average molecular weight is 457 g/mol. The summed E-state index contributed by atoms with van der Waals surface area (Å²) in [4.78, 5) is 14.7. The Morgan fingerprint density at radius 3 is 2.75 bits per heavy atom. The van der Waals surface area contributed by atoms with Crippen molar-refractivity contribution in [2.75, 3.05) is 25.5 Å². The molecular weight excluding hydrogens is 424 g/mol. The molecule has 0 aliphatic carbocycles. The summed E-state index contributed by atoms with van der Waals surface area (Å²) < 4.78 is 33.2. The number of hydrogen-bond acceptors (Lipinski definition) is 4. The van der Waals surface area contributed by atoms with Gasteiger partial charge in [-0.15, -0.1) is 0 Å². The van der Waals surface area contributed by atoms with Crippen molar-refractivity contribution in [1.29, 1.82) is 0 Å². The van der Waals surface area contributed by atoms with Gasteiger partial charge in [-0.1, -0.05) is 48.5 Å². The fourth-order valence-corrected chi connectivity index (χ4v) is 5.59. The molecule has 2 aromatic rings. The van der Waals surface area contributed by atoms with Gasteiger partial charge in [0.15, 0.2) is 0 Å². The molecule has 7 heteroatoms. The van der Waals surface area contributed by atoms with Crippen LogP contribution >= 0.6 is 0 Å². The van der Waals surface area contributed by atoms with Gasteiger partial charge in [0.1, 0.15) is 0 Å². The third-order valence-electron chi connectivity index (χ3n) is 6.44. The first-order valence-corrected chi connectivity index (χ1v) is 13.2. The van der Waals surface area contributed by atoms with E-state index < -0.39 is 16.1 Å². The zero-order chi connectivity index (χ0) is 22.6. The summed E-state index contributed by atoms with van der Waals surface area (Å²) in [6.45, 7) is 3.57. The normalized spacial score (nSPS) is 22.5. The van der Waals surface area contributed by atoms with Gasteiger partial charge in [0.05, 0.1) is 24.4 Å². The molecule has 2 bridgehead atoms. The number of carbonyl (C=O) groups excluding carboxylic acids is 1. The van der Waals surface area contributed by atoms with Gasteiger partial charge >= 0.3 is 0 Å².